The molecule has 1 fully saturated rings. The van der Waals surface area contributed by atoms with Crippen molar-refractivity contribution in [2.45, 2.75) is 33.2 Å². The summed E-state index contributed by atoms with van der Waals surface area (Å²) in [5.41, 5.74) is 2.09. The molecular weight excluding hydrogens is 356 g/mol. The Morgan fingerprint density at radius 1 is 1.00 bits per heavy atom. The zero-order chi connectivity index (χ0) is 19.4. The first-order valence-corrected chi connectivity index (χ1v) is 9.71. The zero-order valence-electron chi connectivity index (χ0n) is 16.5. The summed E-state index contributed by atoms with van der Waals surface area (Å²) in [6.07, 6.45) is 0. The number of para-hydroxylation sites is 1. The summed E-state index contributed by atoms with van der Waals surface area (Å²) >= 11 is 5.37. The molecular formula is C20H28N6S. The molecule has 2 heterocycles. The van der Waals surface area contributed by atoms with Crippen molar-refractivity contribution in [3.05, 3.63) is 42.1 Å². The van der Waals surface area contributed by atoms with Crippen LogP contribution in [0.4, 0.5) is 17.5 Å². The third kappa shape index (κ3) is 5.53. The highest BCUT2D eigenvalue weighted by Crippen LogP contribution is 2.20. The Morgan fingerprint density at radius 3 is 2.26 bits per heavy atom. The summed E-state index contributed by atoms with van der Waals surface area (Å²) in [6, 6.07) is 12.6. The van der Waals surface area contributed by atoms with Crippen LogP contribution in [-0.4, -0.2) is 46.8 Å². The van der Waals surface area contributed by atoms with Gasteiger partial charge in [-0.25, -0.2) is 4.98 Å². The van der Waals surface area contributed by atoms with Crippen molar-refractivity contribution in [3.8, 4) is 0 Å². The van der Waals surface area contributed by atoms with Crippen LogP contribution in [0.15, 0.2) is 36.4 Å². The van der Waals surface area contributed by atoms with Crippen molar-refractivity contribution in [1.29, 1.82) is 0 Å². The van der Waals surface area contributed by atoms with E-state index in [1.807, 2.05) is 13.0 Å². The van der Waals surface area contributed by atoms with Crippen molar-refractivity contribution in [1.82, 2.24) is 15.3 Å². The van der Waals surface area contributed by atoms with Crippen molar-refractivity contribution < 1.29 is 0 Å². The van der Waals surface area contributed by atoms with Crippen LogP contribution in [0.1, 0.15) is 26.5 Å². The lowest BCUT2D eigenvalue weighted by molar-refractivity contribution is 0.514. The first kappa shape index (κ1) is 19.4. The number of hydrogen-bond acceptors (Lipinski definition) is 5. The summed E-state index contributed by atoms with van der Waals surface area (Å²) in [4.78, 5) is 13.9. The molecule has 6 nitrogen and oxygen atoms in total. The van der Waals surface area contributed by atoms with Crippen LogP contribution in [0.25, 0.3) is 0 Å². The third-order valence-corrected chi connectivity index (χ3v) is 4.48. The fourth-order valence-corrected chi connectivity index (χ4v) is 3.47. The maximum atomic E-state index is 5.37. The quantitative estimate of drug-likeness (QED) is 0.788. The molecule has 1 aromatic heterocycles. The molecule has 0 amide bonds. The van der Waals surface area contributed by atoms with Gasteiger partial charge in [-0.05, 0) is 52.0 Å². The minimum atomic E-state index is -0.107. The van der Waals surface area contributed by atoms with Crippen LogP contribution in [0.5, 0.6) is 0 Å². The molecule has 2 aromatic rings. The van der Waals surface area contributed by atoms with Gasteiger partial charge in [0.2, 0.25) is 5.95 Å². The predicted molar refractivity (Wildman–Crippen MR) is 117 cm³/mol. The van der Waals surface area contributed by atoms with E-state index in [0.29, 0.717) is 11.1 Å². The molecule has 27 heavy (non-hydrogen) atoms. The van der Waals surface area contributed by atoms with Crippen LogP contribution in [-0.2, 0) is 0 Å². The standard InChI is InChI=1S/C20H28N6S/c1-15-14-17(22-18(21-15)23-19(27)24-20(2,3)4)26-12-10-25(11-13-26)16-8-6-5-7-9-16/h5-9,14H,10-13H2,1-4H3,(H2,21,22,23,24,27). The summed E-state index contributed by atoms with van der Waals surface area (Å²) in [6.45, 7) is 12.0. The highest BCUT2D eigenvalue weighted by Gasteiger charge is 2.19. The molecule has 0 saturated carbocycles. The Labute approximate surface area is 167 Å². The number of rotatable bonds is 3. The zero-order valence-corrected chi connectivity index (χ0v) is 17.3. The molecule has 0 atom stereocenters. The maximum absolute atomic E-state index is 5.37. The minimum absolute atomic E-state index is 0.107. The number of nitrogens with one attached hydrogen (secondary N) is 2. The lowest BCUT2D eigenvalue weighted by Gasteiger charge is -2.36. The molecule has 144 valence electrons. The van der Waals surface area contributed by atoms with Gasteiger partial charge in [0.05, 0.1) is 0 Å². The first-order valence-electron chi connectivity index (χ1n) is 9.30. The second-order valence-electron chi connectivity index (χ2n) is 7.83. The molecule has 2 N–H and O–H groups in total. The number of thiocarbonyl (C=S) groups is 1. The molecule has 1 aliphatic rings. The van der Waals surface area contributed by atoms with Gasteiger partial charge >= 0.3 is 0 Å². The molecule has 0 bridgehead atoms. The van der Waals surface area contributed by atoms with Gasteiger partial charge in [0.15, 0.2) is 5.11 Å². The third-order valence-electron chi connectivity index (χ3n) is 4.28. The minimum Gasteiger partial charge on any atom is -0.368 e. The van der Waals surface area contributed by atoms with E-state index in [4.69, 9.17) is 12.2 Å². The van der Waals surface area contributed by atoms with Crippen LogP contribution in [0.2, 0.25) is 0 Å². The Hall–Kier alpha value is -2.41. The van der Waals surface area contributed by atoms with Gasteiger partial charge in [-0.3, -0.25) is 0 Å². The van der Waals surface area contributed by atoms with E-state index >= 15 is 0 Å². The number of piperazine rings is 1. The van der Waals surface area contributed by atoms with E-state index in [-0.39, 0.29) is 5.54 Å². The van der Waals surface area contributed by atoms with Gasteiger partial charge in [-0.1, -0.05) is 18.2 Å². The molecule has 7 heteroatoms. The van der Waals surface area contributed by atoms with E-state index in [0.717, 1.165) is 37.7 Å². The van der Waals surface area contributed by atoms with E-state index in [9.17, 15) is 0 Å². The normalized spacial score (nSPS) is 14.8. The number of aryl methyl sites for hydroxylation is 1. The fourth-order valence-electron chi connectivity index (χ4n) is 3.08. The molecule has 0 aliphatic carbocycles. The summed E-state index contributed by atoms with van der Waals surface area (Å²) in [7, 11) is 0. The van der Waals surface area contributed by atoms with Gasteiger partial charge in [-0.2, -0.15) is 4.98 Å². The number of anilines is 3. The highest BCUT2D eigenvalue weighted by molar-refractivity contribution is 7.80. The lowest BCUT2D eigenvalue weighted by Crippen LogP contribution is -2.47. The second-order valence-corrected chi connectivity index (χ2v) is 8.24. The SMILES string of the molecule is Cc1cc(N2CCN(c3ccccc3)CC2)nc(NC(=S)NC(C)(C)C)n1. The topological polar surface area (TPSA) is 56.3 Å². The van der Waals surface area contributed by atoms with Gasteiger partial charge in [0, 0.05) is 49.2 Å². The fraction of sp³-hybridized carbons (Fsp3) is 0.450. The van der Waals surface area contributed by atoms with Gasteiger partial charge in [0.25, 0.3) is 0 Å². The van der Waals surface area contributed by atoms with Gasteiger partial charge < -0.3 is 20.4 Å². The van der Waals surface area contributed by atoms with Crippen LogP contribution < -0.4 is 20.4 Å². The van der Waals surface area contributed by atoms with Crippen LogP contribution >= 0.6 is 12.2 Å². The van der Waals surface area contributed by atoms with Crippen LogP contribution in [0, 0.1) is 6.92 Å². The van der Waals surface area contributed by atoms with Crippen molar-refractivity contribution in [3.63, 3.8) is 0 Å². The molecule has 3 rings (SSSR count). The Balaban J connectivity index is 1.65. The summed E-state index contributed by atoms with van der Waals surface area (Å²) < 4.78 is 0. The van der Waals surface area contributed by atoms with E-state index < -0.39 is 0 Å². The van der Waals surface area contributed by atoms with E-state index in [2.05, 4.69) is 81.5 Å². The maximum Gasteiger partial charge on any atom is 0.231 e. The number of nitrogens with zero attached hydrogens (tertiary/aromatic N) is 4. The summed E-state index contributed by atoms with van der Waals surface area (Å²) in [5, 5.41) is 6.88. The number of hydrogen-bond donors (Lipinski definition) is 2. The molecule has 1 aliphatic heterocycles. The molecule has 0 spiro atoms. The second kappa shape index (κ2) is 8.08. The first-order chi connectivity index (χ1) is 12.8. The van der Waals surface area contributed by atoms with Gasteiger partial charge in [-0.15, -0.1) is 0 Å². The molecule has 0 radical (unpaired) electrons. The lowest BCUT2D eigenvalue weighted by atomic mass is 10.1. The van der Waals surface area contributed by atoms with E-state index in [1.54, 1.807) is 0 Å². The average molecular weight is 385 g/mol. The van der Waals surface area contributed by atoms with Crippen LogP contribution in [0.3, 0.4) is 0 Å². The highest BCUT2D eigenvalue weighted by atomic mass is 32.1. The average Bonchev–Trinajstić information content (AvgIpc) is 2.60. The Morgan fingerprint density at radius 2 is 1.63 bits per heavy atom. The molecule has 1 aromatic carbocycles. The van der Waals surface area contributed by atoms with E-state index in [1.165, 1.54) is 5.69 Å². The molecule has 0 unspecified atom stereocenters. The number of benzene rings is 1. The largest absolute Gasteiger partial charge is 0.368 e. The van der Waals surface area contributed by atoms with Gasteiger partial charge in [0.1, 0.15) is 5.82 Å². The Bertz CT molecular complexity index is 779. The predicted octanol–water partition coefficient (Wildman–Crippen LogP) is 3.20. The van der Waals surface area contributed by atoms with Crippen molar-refractivity contribution in [2.75, 3.05) is 41.3 Å². The summed E-state index contributed by atoms with van der Waals surface area (Å²) in [5.74, 6) is 1.48. The Kier molecular flexibility index (Phi) is 5.79. The van der Waals surface area contributed by atoms with Crippen molar-refractivity contribution >= 4 is 34.8 Å². The number of aromatic nitrogens is 2. The smallest absolute Gasteiger partial charge is 0.231 e. The van der Waals surface area contributed by atoms with Crippen molar-refractivity contribution in [2.24, 2.45) is 0 Å². The monoisotopic (exact) mass is 384 g/mol. The molecule has 1 saturated heterocycles.